The van der Waals surface area contributed by atoms with Crippen LogP contribution in [0.3, 0.4) is 0 Å². The van der Waals surface area contributed by atoms with Gasteiger partial charge >= 0.3 is 0 Å². The lowest BCUT2D eigenvalue weighted by Gasteiger charge is -2.10. The van der Waals surface area contributed by atoms with E-state index in [1.165, 1.54) is 12.1 Å². The van der Waals surface area contributed by atoms with Gasteiger partial charge in [0.2, 0.25) is 0 Å². The second kappa shape index (κ2) is 5.69. The highest BCUT2D eigenvalue weighted by Gasteiger charge is 2.12. The average molecular weight is 310 g/mol. The van der Waals surface area contributed by atoms with Gasteiger partial charge < -0.3 is 11.1 Å². The van der Waals surface area contributed by atoms with Crippen molar-refractivity contribution in [3.05, 3.63) is 51.3 Å². The lowest BCUT2D eigenvalue weighted by Crippen LogP contribution is -2.13. The van der Waals surface area contributed by atoms with Gasteiger partial charge in [-0.2, -0.15) is 0 Å². The van der Waals surface area contributed by atoms with Crippen LogP contribution >= 0.6 is 23.2 Å². The fourth-order valence-electron chi connectivity index (χ4n) is 1.73. The van der Waals surface area contributed by atoms with Gasteiger partial charge in [0.1, 0.15) is 0 Å². The fraction of sp³-hybridized carbons (Fsp3) is 0.143. The normalized spacial score (nSPS) is 10.4. The monoisotopic (exact) mass is 309 g/mol. The van der Waals surface area contributed by atoms with Crippen molar-refractivity contribution >= 4 is 40.5 Å². The number of nitrogens with one attached hydrogen (secondary N) is 1. The second-order valence-corrected chi connectivity index (χ2v) is 5.21. The molecule has 1 aromatic heterocycles. The number of rotatable bonds is 2. The molecule has 0 saturated heterocycles. The van der Waals surface area contributed by atoms with Crippen LogP contribution in [0.25, 0.3) is 0 Å². The molecule has 1 heterocycles. The van der Waals surface area contributed by atoms with Gasteiger partial charge in [-0.25, -0.2) is 0 Å². The first kappa shape index (κ1) is 14.6. The molecule has 1 amide bonds. The molecule has 0 spiro atoms. The number of nitrogens with zero attached hydrogens (tertiary/aromatic N) is 1. The summed E-state index contributed by atoms with van der Waals surface area (Å²) in [6, 6.07) is 6.59. The minimum atomic E-state index is -0.317. The number of carbonyl (C=O) groups is 1. The van der Waals surface area contributed by atoms with Gasteiger partial charge in [0.05, 0.1) is 27.1 Å². The second-order valence-electron chi connectivity index (χ2n) is 4.39. The zero-order chi connectivity index (χ0) is 14.9. The van der Waals surface area contributed by atoms with E-state index in [9.17, 15) is 4.79 Å². The maximum absolute atomic E-state index is 12.2. The molecule has 0 bridgehead atoms. The topological polar surface area (TPSA) is 68.0 Å². The number of carbonyl (C=O) groups excluding carboxylic acids is 1. The minimum absolute atomic E-state index is 0.251. The van der Waals surface area contributed by atoms with Crippen molar-refractivity contribution in [2.45, 2.75) is 13.8 Å². The third-order valence-corrected chi connectivity index (χ3v) is 3.44. The number of hydrogen-bond acceptors (Lipinski definition) is 3. The van der Waals surface area contributed by atoms with Crippen molar-refractivity contribution in [3.63, 3.8) is 0 Å². The number of hydrogen-bond donors (Lipinski definition) is 2. The molecule has 20 heavy (non-hydrogen) atoms. The van der Waals surface area contributed by atoms with Crippen LogP contribution in [0.2, 0.25) is 10.0 Å². The van der Waals surface area contributed by atoms with E-state index in [4.69, 9.17) is 28.9 Å². The van der Waals surface area contributed by atoms with Crippen LogP contribution in [-0.2, 0) is 0 Å². The number of nitrogen functional groups attached to an aromatic ring is 1. The molecule has 4 nitrogen and oxygen atoms in total. The predicted molar refractivity (Wildman–Crippen MR) is 82.5 cm³/mol. The zero-order valence-electron chi connectivity index (χ0n) is 11.0. The average Bonchev–Trinajstić information content (AvgIpc) is 2.38. The van der Waals surface area contributed by atoms with Crippen molar-refractivity contribution in [2.75, 3.05) is 11.1 Å². The van der Waals surface area contributed by atoms with Gasteiger partial charge in [-0.3, -0.25) is 9.78 Å². The van der Waals surface area contributed by atoms with Gasteiger partial charge in [-0.15, -0.1) is 0 Å². The molecule has 0 aliphatic rings. The molecular weight excluding hydrogens is 297 g/mol. The number of anilines is 2. The third-order valence-electron chi connectivity index (χ3n) is 2.81. The molecule has 2 rings (SSSR count). The van der Waals surface area contributed by atoms with E-state index in [-0.39, 0.29) is 21.6 Å². The van der Waals surface area contributed by atoms with E-state index >= 15 is 0 Å². The van der Waals surface area contributed by atoms with Gasteiger partial charge in [0, 0.05) is 11.3 Å². The Balaban J connectivity index is 2.28. The van der Waals surface area contributed by atoms with Crippen LogP contribution in [-0.4, -0.2) is 10.9 Å². The Bertz CT molecular complexity index is 663. The molecular formula is C14H13Cl2N3O. The van der Waals surface area contributed by atoms with Crippen molar-refractivity contribution < 1.29 is 4.79 Å². The van der Waals surface area contributed by atoms with Crippen molar-refractivity contribution in [1.82, 2.24) is 4.98 Å². The SMILES string of the molecule is Cc1ccc(NC(=O)c2cc(Cl)c(N)c(Cl)c2)c(C)n1. The summed E-state index contributed by atoms with van der Waals surface area (Å²) in [5, 5.41) is 3.27. The van der Waals surface area contributed by atoms with Crippen LogP contribution in [0.4, 0.5) is 11.4 Å². The molecule has 0 unspecified atom stereocenters. The molecule has 1 aromatic carbocycles. The van der Waals surface area contributed by atoms with Crippen LogP contribution < -0.4 is 11.1 Å². The quantitative estimate of drug-likeness (QED) is 0.828. The van der Waals surface area contributed by atoms with Gasteiger partial charge in [0.25, 0.3) is 5.91 Å². The third kappa shape index (κ3) is 3.03. The Morgan fingerprint density at radius 2 is 1.80 bits per heavy atom. The molecule has 0 aliphatic heterocycles. The first-order valence-electron chi connectivity index (χ1n) is 5.88. The number of aryl methyl sites for hydroxylation is 2. The minimum Gasteiger partial charge on any atom is -0.396 e. The molecule has 104 valence electrons. The highest BCUT2D eigenvalue weighted by atomic mass is 35.5. The predicted octanol–water partition coefficient (Wildman–Crippen LogP) is 3.84. The number of nitrogens with two attached hydrogens (primary N) is 1. The van der Waals surface area contributed by atoms with Crippen LogP contribution in [0.15, 0.2) is 24.3 Å². The molecule has 2 aromatic rings. The summed E-state index contributed by atoms with van der Waals surface area (Å²) in [7, 11) is 0. The summed E-state index contributed by atoms with van der Waals surface area (Å²) in [5.41, 5.74) is 8.52. The van der Waals surface area contributed by atoms with E-state index in [0.29, 0.717) is 11.3 Å². The van der Waals surface area contributed by atoms with Crippen molar-refractivity contribution in [1.29, 1.82) is 0 Å². The lowest BCUT2D eigenvalue weighted by atomic mass is 10.2. The molecule has 0 radical (unpaired) electrons. The number of aromatic nitrogens is 1. The summed E-state index contributed by atoms with van der Waals surface area (Å²) in [4.78, 5) is 16.5. The van der Waals surface area contributed by atoms with E-state index in [1.54, 1.807) is 6.07 Å². The number of pyridine rings is 1. The van der Waals surface area contributed by atoms with E-state index < -0.39 is 0 Å². The van der Waals surface area contributed by atoms with Crippen molar-refractivity contribution in [2.24, 2.45) is 0 Å². The molecule has 0 aliphatic carbocycles. The number of benzene rings is 1. The summed E-state index contributed by atoms with van der Waals surface area (Å²) >= 11 is 11.8. The first-order valence-corrected chi connectivity index (χ1v) is 6.64. The van der Waals surface area contributed by atoms with Gasteiger partial charge in [0.15, 0.2) is 0 Å². The number of amides is 1. The Morgan fingerprint density at radius 3 is 2.35 bits per heavy atom. The van der Waals surface area contributed by atoms with Crippen molar-refractivity contribution in [3.8, 4) is 0 Å². The first-order chi connectivity index (χ1) is 9.38. The van der Waals surface area contributed by atoms with Gasteiger partial charge in [-0.05, 0) is 38.1 Å². The van der Waals surface area contributed by atoms with E-state index in [0.717, 1.165) is 11.4 Å². The lowest BCUT2D eigenvalue weighted by molar-refractivity contribution is 0.102. The van der Waals surface area contributed by atoms with Gasteiger partial charge in [-0.1, -0.05) is 23.2 Å². The maximum Gasteiger partial charge on any atom is 0.255 e. The molecule has 3 N–H and O–H groups in total. The number of halogens is 2. The molecule has 0 atom stereocenters. The van der Waals surface area contributed by atoms with Crippen LogP contribution in [0, 0.1) is 13.8 Å². The van der Waals surface area contributed by atoms with E-state index in [2.05, 4.69) is 10.3 Å². The maximum atomic E-state index is 12.2. The standard InChI is InChI=1S/C14H13Cl2N3O/c1-7-3-4-12(8(2)18-7)19-14(20)9-5-10(15)13(17)11(16)6-9/h3-6H,17H2,1-2H3,(H,19,20). The van der Waals surface area contributed by atoms with E-state index in [1.807, 2.05) is 19.9 Å². The summed E-state index contributed by atoms with van der Waals surface area (Å²) < 4.78 is 0. The smallest absolute Gasteiger partial charge is 0.255 e. The van der Waals surface area contributed by atoms with Crippen LogP contribution in [0.1, 0.15) is 21.7 Å². The summed E-state index contributed by atoms with van der Waals surface area (Å²) in [5.74, 6) is -0.317. The molecule has 6 heteroatoms. The largest absolute Gasteiger partial charge is 0.396 e. The Kier molecular flexibility index (Phi) is 4.16. The highest BCUT2D eigenvalue weighted by Crippen LogP contribution is 2.29. The molecule has 0 fully saturated rings. The fourth-order valence-corrected chi connectivity index (χ4v) is 2.22. The zero-order valence-corrected chi connectivity index (χ0v) is 12.5. The Morgan fingerprint density at radius 1 is 1.20 bits per heavy atom. The van der Waals surface area contributed by atoms with Crippen LogP contribution in [0.5, 0.6) is 0 Å². The Labute approximate surface area is 126 Å². The summed E-state index contributed by atoms with van der Waals surface area (Å²) in [6.07, 6.45) is 0. The Hall–Kier alpha value is -1.78. The summed E-state index contributed by atoms with van der Waals surface area (Å²) in [6.45, 7) is 3.71. The highest BCUT2D eigenvalue weighted by molar-refractivity contribution is 6.39. The molecule has 0 saturated carbocycles.